The first kappa shape index (κ1) is 12.4. The summed E-state index contributed by atoms with van der Waals surface area (Å²) in [6.45, 7) is 1.98. The van der Waals surface area contributed by atoms with Crippen LogP contribution in [0.1, 0.15) is 5.69 Å². The topological polar surface area (TPSA) is 41.6 Å². The van der Waals surface area contributed by atoms with Gasteiger partial charge in [-0.25, -0.2) is 0 Å². The van der Waals surface area contributed by atoms with Gasteiger partial charge in [0.15, 0.2) is 0 Å². The minimum absolute atomic E-state index is 0.718. The van der Waals surface area contributed by atoms with Crippen molar-refractivity contribution in [1.82, 2.24) is 15.0 Å². The van der Waals surface area contributed by atoms with Crippen LogP contribution in [0.5, 0.6) is 0 Å². The van der Waals surface area contributed by atoms with Crippen LogP contribution in [-0.4, -0.2) is 15.0 Å². The molecule has 0 atom stereocenters. The number of rotatable bonds is 1. The Morgan fingerprint density at radius 2 is 1.95 bits per heavy atom. The van der Waals surface area contributed by atoms with Crippen LogP contribution in [-0.2, 0) is 0 Å². The Hall–Kier alpha value is -2.39. The van der Waals surface area contributed by atoms with Crippen molar-refractivity contribution in [2.45, 2.75) is 6.92 Å². The number of H-pyrrole nitrogens is 1. The average molecular weight is 294 g/mol. The van der Waals surface area contributed by atoms with Crippen LogP contribution in [0.4, 0.5) is 0 Å². The van der Waals surface area contributed by atoms with Gasteiger partial charge < -0.3 is 4.98 Å². The number of halogens is 1. The van der Waals surface area contributed by atoms with Gasteiger partial charge >= 0.3 is 0 Å². The summed E-state index contributed by atoms with van der Waals surface area (Å²) in [6, 6.07) is 10.0. The highest BCUT2D eigenvalue weighted by atomic mass is 35.5. The molecule has 102 valence electrons. The smallest absolute Gasteiger partial charge is 0.0651 e. The summed E-state index contributed by atoms with van der Waals surface area (Å²) in [5.74, 6) is 0. The molecular formula is C17H12ClN3. The SMILES string of the molecule is Cc1ccc(-c2cc(Cl)cc3c2[nH]c2cnccc23)cn1. The van der Waals surface area contributed by atoms with Gasteiger partial charge in [-0.1, -0.05) is 17.7 Å². The number of hydrogen-bond acceptors (Lipinski definition) is 2. The van der Waals surface area contributed by atoms with Crippen LogP contribution in [0.25, 0.3) is 32.9 Å². The molecule has 0 saturated heterocycles. The van der Waals surface area contributed by atoms with Crippen LogP contribution in [0, 0.1) is 6.92 Å². The Morgan fingerprint density at radius 1 is 1.05 bits per heavy atom. The Bertz CT molecular complexity index is 955. The van der Waals surface area contributed by atoms with E-state index in [1.165, 1.54) is 0 Å². The van der Waals surface area contributed by atoms with Gasteiger partial charge in [0.1, 0.15) is 0 Å². The molecule has 3 heterocycles. The first-order chi connectivity index (χ1) is 10.2. The molecule has 0 aliphatic carbocycles. The number of nitrogens with zero attached hydrogens (tertiary/aromatic N) is 2. The van der Waals surface area contributed by atoms with Gasteiger partial charge in [-0.05, 0) is 31.2 Å². The highest BCUT2D eigenvalue weighted by Crippen LogP contribution is 2.35. The van der Waals surface area contributed by atoms with E-state index in [-0.39, 0.29) is 0 Å². The van der Waals surface area contributed by atoms with Crippen LogP contribution in [0.15, 0.2) is 48.9 Å². The molecule has 0 spiro atoms. The average Bonchev–Trinajstić information content (AvgIpc) is 2.86. The third-order valence-electron chi connectivity index (χ3n) is 3.70. The molecule has 0 unspecified atom stereocenters. The quantitative estimate of drug-likeness (QED) is 0.551. The van der Waals surface area contributed by atoms with E-state index in [1.807, 2.05) is 43.6 Å². The van der Waals surface area contributed by atoms with Crippen molar-refractivity contribution in [3.05, 3.63) is 59.6 Å². The van der Waals surface area contributed by atoms with Crippen molar-refractivity contribution in [2.75, 3.05) is 0 Å². The Labute approximate surface area is 126 Å². The Kier molecular flexibility index (Phi) is 2.69. The second kappa shape index (κ2) is 4.57. The number of aromatic amines is 1. The summed E-state index contributed by atoms with van der Waals surface area (Å²) in [7, 11) is 0. The van der Waals surface area contributed by atoms with Crippen molar-refractivity contribution < 1.29 is 0 Å². The number of hydrogen-bond donors (Lipinski definition) is 1. The molecule has 3 aromatic heterocycles. The second-order valence-electron chi connectivity index (χ2n) is 5.11. The van der Waals surface area contributed by atoms with Gasteiger partial charge in [-0.15, -0.1) is 0 Å². The van der Waals surface area contributed by atoms with Crippen molar-refractivity contribution >= 4 is 33.4 Å². The van der Waals surface area contributed by atoms with Crippen LogP contribution in [0.3, 0.4) is 0 Å². The zero-order chi connectivity index (χ0) is 14.4. The Morgan fingerprint density at radius 3 is 2.76 bits per heavy atom. The minimum atomic E-state index is 0.718. The van der Waals surface area contributed by atoms with Crippen molar-refractivity contribution in [2.24, 2.45) is 0 Å². The molecule has 4 rings (SSSR count). The normalized spacial score (nSPS) is 11.3. The summed E-state index contributed by atoms with van der Waals surface area (Å²) in [4.78, 5) is 12.0. The fourth-order valence-corrected chi connectivity index (χ4v) is 2.89. The maximum absolute atomic E-state index is 6.31. The number of fused-ring (bicyclic) bond motifs is 3. The van der Waals surface area contributed by atoms with E-state index in [4.69, 9.17) is 11.6 Å². The molecule has 1 N–H and O–H groups in total. The minimum Gasteiger partial charge on any atom is -0.353 e. The first-order valence-corrected chi connectivity index (χ1v) is 7.08. The summed E-state index contributed by atoms with van der Waals surface area (Å²) in [5.41, 5.74) is 5.18. The number of aryl methyl sites for hydroxylation is 1. The van der Waals surface area contributed by atoms with Gasteiger partial charge in [-0.2, -0.15) is 0 Å². The van der Waals surface area contributed by atoms with E-state index in [0.29, 0.717) is 0 Å². The third kappa shape index (κ3) is 1.98. The number of pyridine rings is 2. The number of aromatic nitrogens is 3. The van der Waals surface area contributed by atoms with Crippen LogP contribution in [0.2, 0.25) is 5.02 Å². The molecule has 3 nitrogen and oxygen atoms in total. The van der Waals surface area contributed by atoms with Gasteiger partial charge in [-0.3, -0.25) is 9.97 Å². The lowest BCUT2D eigenvalue weighted by molar-refractivity contribution is 1.20. The lowest BCUT2D eigenvalue weighted by Crippen LogP contribution is -1.85. The molecule has 0 saturated carbocycles. The zero-order valence-electron chi connectivity index (χ0n) is 11.4. The predicted octanol–water partition coefficient (Wildman–Crippen LogP) is 4.74. The van der Waals surface area contributed by atoms with Crippen molar-refractivity contribution in [3.63, 3.8) is 0 Å². The largest absolute Gasteiger partial charge is 0.353 e. The van der Waals surface area contributed by atoms with E-state index < -0.39 is 0 Å². The van der Waals surface area contributed by atoms with Gasteiger partial charge in [0.05, 0.1) is 17.2 Å². The molecule has 0 aliphatic heterocycles. The molecule has 0 radical (unpaired) electrons. The van der Waals surface area contributed by atoms with E-state index in [9.17, 15) is 0 Å². The lowest BCUT2D eigenvalue weighted by Gasteiger charge is -2.05. The van der Waals surface area contributed by atoms with Gasteiger partial charge in [0.2, 0.25) is 0 Å². The fraction of sp³-hybridized carbons (Fsp3) is 0.0588. The summed E-state index contributed by atoms with van der Waals surface area (Å²) in [5, 5.41) is 2.95. The monoisotopic (exact) mass is 293 g/mol. The molecule has 1 aromatic carbocycles. The molecular weight excluding hydrogens is 282 g/mol. The van der Waals surface area contributed by atoms with E-state index >= 15 is 0 Å². The van der Waals surface area contributed by atoms with E-state index in [2.05, 4.69) is 21.0 Å². The van der Waals surface area contributed by atoms with Crippen molar-refractivity contribution in [3.8, 4) is 11.1 Å². The van der Waals surface area contributed by atoms with Gasteiger partial charge in [0.25, 0.3) is 0 Å². The predicted molar refractivity (Wildman–Crippen MR) is 86.6 cm³/mol. The summed E-state index contributed by atoms with van der Waals surface area (Å²) >= 11 is 6.31. The summed E-state index contributed by atoms with van der Waals surface area (Å²) < 4.78 is 0. The molecule has 0 fully saturated rings. The number of nitrogens with one attached hydrogen (secondary N) is 1. The maximum Gasteiger partial charge on any atom is 0.0651 e. The highest BCUT2D eigenvalue weighted by molar-refractivity contribution is 6.32. The number of benzene rings is 1. The second-order valence-corrected chi connectivity index (χ2v) is 5.55. The zero-order valence-corrected chi connectivity index (χ0v) is 12.1. The fourth-order valence-electron chi connectivity index (χ4n) is 2.67. The first-order valence-electron chi connectivity index (χ1n) is 6.70. The van der Waals surface area contributed by atoms with E-state index in [1.54, 1.807) is 6.20 Å². The molecule has 0 aliphatic rings. The molecule has 4 heteroatoms. The molecule has 0 bridgehead atoms. The molecule has 4 aromatic rings. The van der Waals surface area contributed by atoms with Crippen molar-refractivity contribution in [1.29, 1.82) is 0 Å². The van der Waals surface area contributed by atoms with Crippen LogP contribution >= 0.6 is 11.6 Å². The third-order valence-corrected chi connectivity index (χ3v) is 3.91. The van der Waals surface area contributed by atoms with E-state index in [0.717, 1.165) is 43.6 Å². The van der Waals surface area contributed by atoms with Gasteiger partial charge in [0, 0.05) is 45.0 Å². The van der Waals surface area contributed by atoms with Crippen LogP contribution < -0.4 is 0 Å². The molecule has 21 heavy (non-hydrogen) atoms. The maximum atomic E-state index is 6.31. The molecule has 0 amide bonds. The standard InChI is InChI=1S/C17H12ClN3/c1-10-2-3-11(8-20-10)14-6-12(18)7-15-13-4-5-19-9-16(13)21-17(14)15/h2-9,21H,1H3. The Balaban J connectivity index is 2.10. The summed E-state index contributed by atoms with van der Waals surface area (Å²) in [6.07, 6.45) is 5.51. The lowest BCUT2D eigenvalue weighted by atomic mass is 10.0. The highest BCUT2D eigenvalue weighted by Gasteiger charge is 2.11.